The quantitative estimate of drug-likeness (QED) is 0.631. The van der Waals surface area contributed by atoms with Crippen LogP contribution < -0.4 is 0 Å². The van der Waals surface area contributed by atoms with E-state index in [0.29, 0.717) is 18.4 Å². The SMILES string of the molecule is C/C1=C/[C@@H](C)[C@H](O)[C@@H](CO)/C=C/CCCCC(O)(C(F)(F)F)CC1. The summed E-state index contributed by atoms with van der Waals surface area (Å²) in [5, 5.41) is 29.8. The molecule has 0 saturated heterocycles. The molecule has 0 heterocycles. The van der Waals surface area contributed by atoms with E-state index >= 15 is 0 Å². The van der Waals surface area contributed by atoms with Gasteiger partial charge >= 0.3 is 6.18 Å². The van der Waals surface area contributed by atoms with E-state index in [2.05, 4.69) is 0 Å². The van der Waals surface area contributed by atoms with Crippen LogP contribution in [0.2, 0.25) is 0 Å². The van der Waals surface area contributed by atoms with E-state index in [1.165, 1.54) is 0 Å². The summed E-state index contributed by atoms with van der Waals surface area (Å²) in [7, 11) is 0. The zero-order valence-corrected chi connectivity index (χ0v) is 14.4. The van der Waals surface area contributed by atoms with Crippen molar-refractivity contribution in [3.05, 3.63) is 23.8 Å². The van der Waals surface area contributed by atoms with Gasteiger partial charge in [0.1, 0.15) is 0 Å². The van der Waals surface area contributed by atoms with Crippen LogP contribution in [0.25, 0.3) is 0 Å². The maximum Gasteiger partial charge on any atom is 0.417 e. The molecule has 0 aromatic heterocycles. The van der Waals surface area contributed by atoms with E-state index in [0.717, 1.165) is 0 Å². The minimum Gasteiger partial charge on any atom is -0.396 e. The maximum atomic E-state index is 13.2. The third-order valence-corrected chi connectivity index (χ3v) is 4.79. The molecule has 1 aliphatic carbocycles. The molecule has 0 saturated carbocycles. The van der Waals surface area contributed by atoms with Gasteiger partial charge in [0.05, 0.1) is 12.7 Å². The van der Waals surface area contributed by atoms with Gasteiger partial charge in [0.25, 0.3) is 0 Å². The molecule has 0 amide bonds. The smallest absolute Gasteiger partial charge is 0.396 e. The Bertz CT molecular complexity index is 445. The Morgan fingerprint density at radius 1 is 1.25 bits per heavy atom. The van der Waals surface area contributed by atoms with Crippen molar-refractivity contribution in [3.8, 4) is 0 Å². The van der Waals surface area contributed by atoms with E-state index in [4.69, 9.17) is 0 Å². The topological polar surface area (TPSA) is 60.7 Å². The molecule has 0 radical (unpaired) electrons. The number of aliphatic hydroxyl groups is 3. The molecule has 140 valence electrons. The van der Waals surface area contributed by atoms with Crippen LogP contribution >= 0.6 is 0 Å². The molecule has 0 aromatic rings. The second kappa shape index (κ2) is 9.02. The van der Waals surface area contributed by atoms with Gasteiger partial charge in [-0.15, -0.1) is 0 Å². The molecule has 24 heavy (non-hydrogen) atoms. The van der Waals surface area contributed by atoms with Crippen LogP contribution in [-0.4, -0.2) is 39.8 Å². The zero-order valence-electron chi connectivity index (χ0n) is 14.4. The molecule has 3 nitrogen and oxygen atoms in total. The molecule has 0 fully saturated rings. The molecule has 1 unspecified atom stereocenters. The lowest BCUT2D eigenvalue weighted by Crippen LogP contribution is -2.45. The largest absolute Gasteiger partial charge is 0.417 e. The molecule has 1 rings (SSSR count). The Labute approximate surface area is 141 Å². The monoisotopic (exact) mass is 350 g/mol. The number of aliphatic hydroxyl groups excluding tert-OH is 2. The molecule has 0 spiro atoms. The van der Waals surface area contributed by atoms with E-state index in [-0.39, 0.29) is 44.1 Å². The summed E-state index contributed by atoms with van der Waals surface area (Å²) in [5.74, 6) is -0.687. The van der Waals surface area contributed by atoms with Gasteiger partial charge in [-0.05, 0) is 45.4 Å². The predicted octanol–water partition coefficient (Wildman–Crippen LogP) is 3.74. The summed E-state index contributed by atoms with van der Waals surface area (Å²) in [6.45, 7) is 3.30. The Balaban J connectivity index is 2.98. The fourth-order valence-electron chi connectivity index (χ4n) is 3.07. The van der Waals surface area contributed by atoms with Gasteiger partial charge in [0.2, 0.25) is 0 Å². The standard InChI is InChI=1S/C18H29F3O3/c1-13-8-10-17(24,18(19,20)21)9-6-4-3-5-7-15(12-22)16(23)14(2)11-13/h5,7,11,14-16,22-24H,3-4,6,8-10,12H2,1-2H3/b7-5+,13-11-/t14-,15-,16+,17?/m1/s1. The number of halogens is 3. The van der Waals surface area contributed by atoms with E-state index < -0.39 is 17.9 Å². The van der Waals surface area contributed by atoms with Crippen molar-refractivity contribution in [1.29, 1.82) is 0 Å². The summed E-state index contributed by atoms with van der Waals surface area (Å²) < 4.78 is 39.6. The highest BCUT2D eigenvalue weighted by Crippen LogP contribution is 2.39. The van der Waals surface area contributed by atoms with Gasteiger partial charge in [0, 0.05) is 11.8 Å². The highest BCUT2D eigenvalue weighted by molar-refractivity contribution is 5.06. The lowest BCUT2D eigenvalue weighted by Gasteiger charge is -2.31. The van der Waals surface area contributed by atoms with Crippen molar-refractivity contribution < 1.29 is 28.5 Å². The molecule has 1 aliphatic rings. The van der Waals surface area contributed by atoms with Gasteiger partial charge in [-0.3, -0.25) is 0 Å². The van der Waals surface area contributed by atoms with Crippen LogP contribution in [0.1, 0.15) is 52.4 Å². The third-order valence-electron chi connectivity index (χ3n) is 4.79. The molecular weight excluding hydrogens is 321 g/mol. The van der Waals surface area contributed by atoms with E-state index in [1.54, 1.807) is 32.1 Å². The molecular formula is C18H29F3O3. The Kier molecular flexibility index (Phi) is 7.96. The maximum absolute atomic E-state index is 13.2. The van der Waals surface area contributed by atoms with Crippen molar-refractivity contribution in [2.24, 2.45) is 11.8 Å². The Hall–Kier alpha value is -0.850. The van der Waals surface area contributed by atoms with Crippen molar-refractivity contribution in [1.82, 2.24) is 0 Å². The first-order valence-corrected chi connectivity index (χ1v) is 8.52. The molecule has 0 aliphatic heterocycles. The first kappa shape index (κ1) is 21.2. The molecule has 0 bridgehead atoms. The minimum atomic E-state index is -4.65. The van der Waals surface area contributed by atoms with Crippen LogP contribution in [0.3, 0.4) is 0 Å². The summed E-state index contributed by atoms with van der Waals surface area (Å²) >= 11 is 0. The van der Waals surface area contributed by atoms with Gasteiger partial charge in [-0.2, -0.15) is 13.2 Å². The number of rotatable bonds is 1. The van der Waals surface area contributed by atoms with Crippen molar-refractivity contribution >= 4 is 0 Å². The number of alkyl halides is 3. The van der Waals surface area contributed by atoms with Crippen LogP contribution in [0.4, 0.5) is 13.2 Å². The van der Waals surface area contributed by atoms with Crippen molar-refractivity contribution in [2.45, 2.75) is 70.3 Å². The molecule has 3 N–H and O–H groups in total. The highest BCUT2D eigenvalue weighted by atomic mass is 19.4. The summed E-state index contributed by atoms with van der Waals surface area (Å²) in [6, 6.07) is 0. The third kappa shape index (κ3) is 5.90. The second-order valence-electron chi connectivity index (χ2n) is 6.91. The van der Waals surface area contributed by atoms with Gasteiger partial charge in [-0.25, -0.2) is 0 Å². The number of hydrogen-bond acceptors (Lipinski definition) is 3. The number of hydrogen-bond donors (Lipinski definition) is 3. The predicted molar refractivity (Wildman–Crippen MR) is 87.4 cm³/mol. The van der Waals surface area contributed by atoms with E-state index in [1.807, 2.05) is 0 Å². The summed E-state index contributed by atoms with van der Waals surface area (Å²) in [4.78, 5) is 0. The summed E-state index contributed by atoms with van der Waals surface area (Å²) in [6.07, 6.45) is 0.576. The van der Waals surface area contributed by atoms with Crippen LogP contribution in [0, 0.1) is 11.8 Å². The average Bonchev–Trinajstić information content (AvgIpc) is 2.49. The normalized spacial score (nSPS) is 38.0. The first-order chi connectivity index (χ1) is 11.1. The minimum absolute atomic E-state index is 0.118. The molecule has 6 heteroatoms. The zero-order chi connectivity index (χ0) is 18.4. The fraction of sp³-hybridized carbons (Fsp3) is 0.778. The van der Waals surface area contributed by atoms with Gasteiger partial charge in [-0.1, -0.05) is 30.7 Å². The molecule has 4 atom stereocenters. The van der Waals surface area contributed by atoms with Crippen molar-refractivity contribution in [3.63, 3.8) is 0 Å². The highest BCUT2D eigenvalue weighted by Gasteiger charge is 2.52. The Morgan fingerprint density at radius 2 is 1.92 bits per heavy atom. The second-order valence-corrected chi connectivity index (χ2v) is 6.91. The lowest BCUT2D eigenvalue weighted by molar-refractivity contribution is -0.265. The average molecular weight is 350 g/mol. The van der Waals surface area contributed by atoms with Crippen LogP contribution in [0.15, 0.2) is 23.8 Å². The van der Waals surface area contributed by atoms with Crippen LogP contribution in [-0.2, 0) is 0 Å². The fourth-order valence-corrected chi connectivity index (χ4v) is 3.07. The van der Waals surface area contributed by atoms with Crippen LogP contribution in [0.5, 0.6) is 0 Å². The van der Waals surface area contributed by atoms with Gasteiger partial charge < -0.3 is 15.3 Å². The van der Waals surface area contributed by atoms with E-state index in [9.17, 15) is 28.5 Å². The molecule has 0 aromatic carbocycles. The Morgan fingerprint density at radius 3 is 2.50 bits per heavy atom. The number of allylic oxidation sites excluding steroid dienone is 2. The first-order valence-electron chi connectivity index (χ1n) is 8.52. The van der Waals surface area contributed by atoms with Gasteiger partial charge in [0.15, 0.2) is 5.60 Å². The summed E-state index contributed by atoms with van der Waals surface area (Å²) in [5.41, 5.74) is -1.97. The lowest BCUT2D eigenvalue weighted by atomic mass is 9.86. The van der Waals surface area contributed by atoms with Crippen molar-refractivity contribution in [2.75, 3.05) is 6.61 Å².